The van der Waals surface area contributed by atoms with E-state index in [4.69, 9.17) is 28.9 Å². The molecule has 2 aromatic heterocycles. The van der Waals surface area contributed by atoms with Gasteiger partial charge in [-0.15, -0.1) is 10.2 Å². The molecule has 0 unspecified atom stereocenters. The molecule has 0 aliphatic rings. The van der Waals surface area contributed by atoms with E-state index in [-0.39, 0.29) is 12.1 Å². The number of rotatable bonds is 8. The summed E-state index contributed by atoms with van der Waals surface area (Å²) in [6.45, 7) is 2.55. The van der Waals surface area contributed by atoms with Crippen molar-refractivity contribution in [3.05, 3.63) is 44.2 Å². The van der Waals surface area contributed by atoms with Crippen LogP contribution in [0.3, 0.4) is 0 Å². The average Bonchev–Trinajstić information content (AvgIpc) is 2.76. The number of azo groups is 1. The van der Waals surface area contributed by atoms with Crippen LogP contribution in [0.15, 0.2) is 36.9 Å². The quantitative estimate of drug-likeness (QED) is 0.178. The monoisotopic (exact) mass is 622 g/mol. The van der Waals surface area contributed by atoms with Crippen molar-refractivity contribution >= 4 is 72.4 Å². The first-order valence-electron chi connectivity index (χ1n) is 10.1. The van der Waals surface area contributed by atoms with E-state index in [0.29, 0.717) is 12.1 Å². The van der Waals surface area contributed by atoms with Gasteiger partial charge < -0.3 is 16.2 Å². The van der Waals surface area contributed by atoms with Gasteiger partial charge in [-0.05, 0) is 49.2 Å². The fourth-order valence-electron chi connectivity index (χ4n) is 3.26. The lowest BCUT2D eigenvalue weighted by atomic mass is 10.1. The molecule has 17 nitrogen and oxygen atoms in total. The molecule has 0 spiro atoms. The van der Waals surface area contributed by atoms with E-state index in [1.54, 1.807) is 0 Å². The molecule has 0 radical (unpaired) electrons. The fourth-order valence-corrected chi connectivity index (χ4v) is 4.99. The summed E-state index contributed by atoms with van der Waals surface area (Å²) in [7, 11) is -10.4. The van der Waals surface area contributed by atoms with Gasteiger partial charge in [0.15, 0.2) is 5.69 Å². The zero-order valence-corrected chi connectivity index (χ0v) is 22.6. The van der Waals surface area contributed by atoms with Gasteiger partial charge in [-0.25, -0.2) is 0 Å². The highest BCUT2D eigenvalue weighted by molar-refractivity contribution is 7.86. The van der Waals surface area contributed by atoms with Crippen LogP contribution in [0.5, 0.6) is 5.88 Å². The number of amides is 1. The molecule has 1 aromatic carbocycles. The number of primary amides is 1. The average molecular weight is 623 g/mol. The lowest BCUT2D eigenvalue weighted by Gasteiger charge is -2.14. The maximum atomic E-state index is 12.8. The van der Waals surface area contributed by atoms with Gasteiger partial charge in [0.05, 0.1) is 5.69 Å². The van der Waals surface area contributed by atoms with Crippen molar-refractivity contribution in [1.29, 1.82) is 0 Å². The molecule has 0 aliphatic heterocycles. The number of halogens is 2. The molecule has 2 heterocycles. The zero-order valence-electron chi connectivity index (χ0n) is 19.5. The van der Waals surface area contributed by atoms with Gasteiger partial charge in [0.1, 0.15) is 21.0 Å². The second kappa shape index (κ2) is 10.8. The van der Waals surface area contributed by atoms with Crippen molar-refractivity contribution in [1.82, 2.24) is 19.5 Å². The minimum absolute atomic E-state index is 0.127. The largest absolute Gasteiger partial charge is 0.494 e. The third-order valence-electron chi connectivity index (χ3n) is 4.92. The lowest BCUT2D eigenvalue weighted by Crippen LogP contribution is -2.25. The summed E-state index contributed by atoms with van der Waals surface area (Å²) in [5.74, 6) is -2.29. The van der Waals surface area contributed by atoms with E-state index < -0.39 is 86.5 Å². The molecule has 0 bridgehead atoms. The number of benzene rings is 1. The zero-order chi connectivity index (χ0) is 29.4. The van der Waals surface area contributed by atoms with Gasteiger partial charge in [-0.3, -0.25) is 23.3 Å². The van der Waals surface area contributed by atoms with Gasteiger partial charge in [0, 0.05) is 12.1 Å². The molecule has 0 atom stereocenters. The van der Waals surface area contributed by atoms with E-state index in [0.717, 1.165) is 4.57 Å². The minimum atomic E-state index is -5.22. The molecule has 3 aromatic rings. The van der Waals surface area contributed by atoms with Gasteiger partial charge in [-0.1, -0.05) is 0 Å². The van der Waals surface area contributed by atoms with Crippen LogP contribution in [0.25, 0.3) is 0 Å². The van der Waals surface area contributed by atoms with Gasteiger partial charge in [0.2, 0.25) is 22.4 Å². The van der Waals surface area contributed by atoms with Crippen LogP contribution in [-0.4, -0.2) is 56.5 Å². The SMILES string of the molecule is CCn1c(O)c(C(N)=O)c(C)c(N=Nc2cc(Nc3nc(Cl)nc(Cl)n3)c(S(=O)(=O)O)cc2S(=O)(=O)O)c1=O. The molecule has 0 saturated heterocycles. The molecule has 0 aliphatic carbocycles. The Balaban J connectivity index is 2.34. The first-order valence-corrected chi connectivity index (χ1v) is 13.7. The van der Waals surface area contributed by atoms with Crippen LogP contribution >= 0.6 is 23.2 Å². The van der Waals surface area contributed by atoms with E-state index >= 15 is 0 Å². The number of aromatic nitrogens is 4. The molecule has 39 heavy (non-hydrogen) atoms. The number of pyridine rings is 1. The maximum Gasteiger partial charge on any atom is 0.296 e. The molecule has 208 valence electrons. The Morgan fingerprint density at radius 3 is 2.10 bits per heavy atom. The maximum absolute atomic E-state index is 12.8. The number of nitrogens with one attached hydrogen (secondary N) is 1. The first-order chi connectivity index (χ1) is 17.9. The van der Waals surface area contributed by atoms with E-state index in [2.05, 4.69) is 30.5 Å². The molecule has 1 amide bonds. The second-order valence-corrected chi connectivity index (χ2v) is 10.8. The van der Waals surface area contributed by atoms with Crippen molar-refractivity contribution in [2.45, 2.75) is 30.2 Å². The Labute approximate surface area is 228 Å². The van der Waals surface area contributed by atoms with Gasteiger partial charge in [0.25, 0.3) is 31.7 Å². The van der Waals surface area contributed by atoms with Crippen LogP contribution in [0.2, 0.25) is 10.6 Å². The van der Waals surface area contributed by atoms with Gasteiger partial charge in [-0.2, -0.15) is 31.8 Å². The Kier molecular flexibility index (Phi) is 8.24. The van der Waals surface area contributed by atoms with Crippen LogP contribution in [0.4, 0.5) is 23.0 Å². The van der Waals surface area contributed by atoms with Crippen LogP contribution in [0, 0.1) is 6.92 Å². The second-order valence-electron chi connectivity index (χ2n) is 7.37. The van der Waals surface area contributed by atoms with Crippen molar-refractivity contribution in [3.63, 3.8) is 0 Å². The molecule has 0 fully saturated rings. The summed E-state index contributed by atoms with van der Waals surface area (Å²) in [5, 5.41) is 19.1. The topological polar surface area (TPSA) is 269 Å². The van der Waals surface area contributed by atoms with Crippen molar-refractivity contribution in [3.8, 4) is 5.88 Å². The van der Waals surface area contributed by atoms with Crippen molar-refractivity contribution in [2.24, 2.45) is 16.0 Å². The summed E-state index contributed by atoms with van der Waals surface area (Å²) in [6, 6.07) is 1.04. The minimum Gasteiger partial charge on any atom is -0.494 e. The number of anilines is 2. The van der Waals surface area contributed by atoms with Gasteiger partial charge >= 0.3 is 0 Å². The lowest BCUT2D eigenvalue weighted by molar-refractivity contribution is 0.0995. The molecular weight excluding hydrogens is 607 g/mol. The Bertz CT molecular complexity index is 1810. The third-order valence-corrected chi connectivity index (χ3v) is 7.04. The smallest absolute Gasteiger partial charge is 0.296 e. The first kappa shape index (κ1) is 29.8. The highest BCUT2D eigenvalue weighted by Gasteiger charge is 2.26. The summed E-state index contributed by atoms with van der Waals surface area (Å²) in [6.07, 6.45) is 0. The van der Waals surface area contributed by atoms with Crippen LogP contribution in [-0.2, 0) is 26.8 Å². The molecule has 21 heteroatoms. The number of aromatic hydroxyl groups is 1. The molecule has 3 rings (SSSR count). The molecule has 0 saturated carbocycles. The normalized spacial score (nSPS) is 12.2. The summed E-state index contributed by atoms with van der Waals surface area (Å²) in [4.78, 5) is 33.3. The highest BCUT2D eigenvalue weighted by atomic mass is 35.5. The standard InChI is InChI=1S/C18H16Cl2N8O9S2/c1-3-28-14(30)11(13(21)29)6(2)12(15(28)31)27-26-8-4-7(22-18-24-16(19)23-17(20)25-18)9(38(32,33)34)5-10(8)39(35,36)37/h4-5,30H,3H2,1-2H3,(H2,21,29)(H,32,33,34)(H,35,36,37)(H,22,23,24,25). The number of carbonyl (C=O) groups is 1. The summed E-state index contributed by atoms with van der Waals surface area (Å²) in [5.41, 5.74) is 1.77. The van der Waals surface area contributed by atoms with E-state index in [1.165, 1.54) is 13.8 Å². The van der Waals surface area contributed by atoms with Crippen molar-refractivity contribution < 1.29 is 35.8 Å². The number of nitrogens with two attached hydrogens (primary N) is 1. The molecule has 6 N–H and O–H groups in total. The third kappa shape index (κ3) is 6.29. The number of nitrogens with zero attached hydrogens (tertiary/aromatic N) is 6. The Morgan fingerprint density at radius 2 is 1.62 bits per heavy atom. The predicted octanol–water partition coefficient (Wildman–Crippen LogP) is 2.13. The number of hydrogen-bond acceptors (Lipinski definition) is 13. The van der Waals surface area contributed by atoms with E-state index in [9.17, 15) is 40.6 Å². The Hall–Kier alpha value is -3.75. The molecular formula is C18H16Cl2N8O9S2. The summed E-state index contributed by atoms with van der Waals surface area (Å²) >= 11 is 11.4. The van der Waals surface area contributed by atoms with Crippen LogP contribution < -0.4 is 16.6 Å². The number of carbonyl (C=O) groups excluding carboxylic acids is 1. The highest BCUT2D eigenvalue weighted by Crippen LogP contribution is 2.36. The summed E-state index contributed by atoms with van der Waals surface area (Å²) < 4.78 is 68.2. The van der Waals surface area contributed by atoms with E-state index in [1.807, 2.05) is 0 Å². The van der Waals surface area contributed by atoms with Crippen LogP contribution in [0.1, 0.15) is 22.8 Å². The number of hydrogen-bond donors (Lipinski definition) is 5. The fraction of sp³-hybridized carbons (Fsp3) is 0.167. The Morgan fingerprint density at radius 1 is 1.05 bits per heavy atom. The predicted molar refractivity (Wildman–Crippen MR) is 135 cm³/mol. The van der Waals surface area contributed by atoms with Crippen molar-refractivity contribution in [2.75, 3.05) is 5.32 Å².